The number of aryl methyl sites for hydroxylation is 1. The van der Waals surface area contributed by atoms with Crippen LogP contribution < -0.4 is 4.90 Å². The summed E-state index contributed by atoms with van der Waals surface area (Å²) in [7, 11) is 0. The molecule has 0 unspecified atom stereocenters. The zero-order valence-corrected chi connectivity index (χ0v) is 20.2. The fourth-order valence-electron chi connectivity index (χ4n) is 4.63. The summed E-state index contributed by atoms with van der Waals surface area (Å²) in [4.78, 5) is 26.7. The predicted octanol–water partition coefficient (Wildman–Crippen LogP) is 4.72. The van der Waals surface area contributed by atoms with Gasteiger partial charge in [0.1, 0.15) is 17.5 Å². The Balaban J connectivity index is 1.53. The number of piperazine rings is 1. The number of carbonyl (C=O) groups is 1. The average molecular weight is 477 g/mol. The van der Waals surface area contributed by atoms with E-state index < -0.39 is 0 Å². The van der Waals surface area contributed by atoms with Crippen LogP contribution in [0, 0.1) is 12.7 Å². The van der Waals surface area contributed by atoms with Crippen LogP contribution in [-0.2, 0) is 0 Å². The van der Waals surface area contributed by atoms with Gasteiger partial charge >= 0.3 is 0 Å². The van der Waals surface area contributed by atoms with Gasteiger partial charge in [0.25, 0.3) is 5.91 Å². The molecule has 1 aliphatic rings. The SMILES string of the molecule is CCC[C@H](C)c1nc(N2CCN(C(=O)c3ccco3)CC2)c2c(C)nn(-c3ccc(F)cc3)c2n1. The van der Waals surface area contributed by atoms with Crippen LogP contribution in [0.2, 0.25) is 0 Å². The summed E-state index contributed by atoms with van der Waals surface area (Å²) in [6.07, 6.45) is 3.52. The van der Waals surface area contributed by atoms with E-state index in [-0.39, 0.29) is 17.6 Å². The molecule has 5 rings (SSSR count). The Labute approximate surface area is 203 Å². The molecule has 1 fully saturated rings. The molecule has 0 bridgehead atoms. The Morgan fingerprint density at radius 1 is 1.11 bits per heavy atom. The van der Waals surface area contributed by atoms with Crippen molar-refractivity contribution in [3.63, 3.8) is 0 Å². The molecule has 8 nitrogen and oxygen atoms in total. The van der Waals surface area contributed by atoms with Crippen LogP contribution in [0.5, 0.6) is 0 Å². The van der Waals surface area contributed by atoms with E-state index in [1.165, 1.54) is 18.4 Å². The van der Waals surface area contributed by atoms with Crippen molar-refractivity contribution in [2.75, 3.05) is 31.1 Å². The molecule has 3 aromatic heterocycles. The number of anilines is 1. The molecule has 1 aliphatic heterocycles. The van der Waals surface area contributed by atoms with Crippen LogP contribution in [0.25, 0.3) is 16.7 Å². The molecular weight excluding hydrogens is 447 g/mol. The van der Waals surface area contributed by atoms with Gasteiger partial charge < -0.3 is 14.2 Å². The van der Waals surface area contributed by atoms with Gasteiger partial charge in [-0.3, -0.25) is 4.79 Å². The molecule has 0 radical (unpaired) electrons. The van der Waals surface area contributed by atoms with Gasteiger partial charge in [0.15, 0.2) is 11.4 Å². The van der Waals surface area contributed by atoms with Crippen molar-refractivity contribution in [1.82, 2.24) is 24.6 Å². The maximum Gasteiger partial charge on any atom is 0.289 e. The lowest BCUT2D eigenvalue weighted by molar-refractivity contribution is 0.0714. The lowest BCUT2D eigenvalue weighted by Crippen LogP contribution is -2.49. The maximum absolute atomic E-state index is 13.6. The quantitative estimate of drug-likeness (QED) is 0.401. The van der Waals surface area contributed by atoms with E-state index in [1.807, 2.05) is 11.8 Å². The largest absolute Gasteiger partial charge is 0.459 e. The second-order valence-electron chi connectivity index (χ2n) is 9.02. The number of hydrogen-bond donors (Lipinski definition) is 0. The molecule has 1 amide bonds. The normalized spacial score (nSPS) is 15.1. The van der Waals surface area contributed by atoms with Crippen molar-refractivity contribution >= 4 is 22.8 Å². The lowest BCUT2D eigenvalue weighted by Gasteiger charge is -2.35. The van der Waals surface area contributed by atoms with Gasteiger partial charge in [-0.25, -0.2) is 19.0 Å². The first-order chi connectivity index (χ1) is 17.0. The van der Waals surface area contributed by atoms with Gasteiger partial charge in [-0.1, -0.05) is 20.3 Å². The van der Waals surface area contributed by atoms with Crippen LogP contribution in [0.1, 0.15) is 54.7 Å². The number of furan rings is 1. The Bertz CT molecular complexity index is 1320. The molecule has 9 heteroatoms. The Hall–Kier alpha value is -3.75. The van der Waals surface area contributed by atoms with E-state index in [1.54, 1.807) is 28.9 Å². The third-order valence-corrected chi connectivity index (χ3v) is 6.53. The Morgan fingerprint density at radius 2 is 1.86 bits per heavy atom. The number of carbonyl (C=O) groups excluding carboxylic acids is 1. The zero-order chi connectivity index (χ0) is 24.5. The lowest BCUT2D eigenvalue weighted by atomic mass is 10.1. The number of hydrogen-bond acceptors (Lipinski definition) is 6. The minimum atomic E-state index is -0.295. The summed E-state index contributed by atoms with van der Waals surface area (Å²) >= 11 is 0. The maximum atomic E-state index is 13.6. The summed E-state index contributed by atoms with van der Waals surface area (Å²) in [6, 6.07) is 9.68. The molecule has 35 heavy (non-hydrogen) atoms. The molecule has 4 aromatic rings. The third kappa shape index (κ3) is 4.38. The van der Waals surface area contributed by atoms with E-state index in [2.05, 4.69) is 18.7 Å². The first-order valence-electron chi connectivity index (χ1n) is 12.1. The van der Waals surface area contributed by atoms with E-state index in [4.69, 9.17) is 19.5 Å². The van der Waals surface area contributed by atoms with Gasteiger partial charge in [0.05, 0.1) is 23.0 Å². The van der Waals surface area contributed by atoms with Gasteiger partial charge in [0, 0.05) is 32.1 Å². The molecule has 1 atom stereocenters. The summed E-state index contributed by atoms with van der Waals surface area (Å²) in [6.45, 7) is 8.65. The molecule has 4 heterocycles. The molecule has 0 N–H and O–H groups in total. The molecule has 0 saturated carbocycles. The third-order valence-electron chi connectivity index (χ3n) is 6.53. The smallest absolute Gasteiger partial charge is 0.289 e. The first-order valence-corrected chi connectivity index (χ1v) is 12.1. The summed E-state index contributed by atoms with van der Waals surface area (Å²) in [5.41, 5.74) is 2.27. The van der Waals surface area contributed by atoms with E-state index in [9.17, 15) is 9.18 Å². The van der Waals surface area contributed by atoms with Crippen LogP contribution in [0.4, 0.5) is 10.2 Å². The number of rotatable bonds is 6. The van der Waals surface area contributed by atoms with Crippen LogP contribution in [-0.4, -0.2) is 56.7 Å². The number of nitrogens with zero attached hydrogens (tertiary/aromatic N) is 6. The number of fused-ring (bicyclic) bond motifs is 1. The number of amides is 1. The Morgan fingerprint density at radius 3 is 2.51 bits per heavy atom. The van der Waals surface area contributed by atoms with Crippen LogP contribution in [0.3, 0.4) is 0 Å². The van der Waals surface area contributed by atoms with Crippen molar-refractivity contribution in [3.8, 4) is 5.69 Å². The summed E-state index contributed by atoms with van der Waals surface area (Å²) in [5.74, 6) is 1.75. The topological polar surface area (TPSA) is 80.3 Å². The molecule has 0 aliphatic carbocycles. The highest BCUT2D eigenvalue weighted by Gasteiger charge is 2.28. The molecule has 1 saturated heterocycles. The van der Waals surface area contributed by atoms with Crippen molar-refractivity contribution in [2.24, 2.45) is 0 Å². The minimum absolute atomic E-state index is 0.0972. The fraction of sp³-hybridized carbons (Fsp3) is 0.385. The predicted molar refractivity (Wildman–Crippen MR) is 132 cm³/mol. The standard InChI is InChI=1S/C26H29FN6O2/c1-4-6-17(2)23-28-24(31-12-14-32(15-13-31)26(34)21-7-5-16-35-21)22-18(3)30-33(25(22)29-23)20-10-8-19(27)9-11-20/h5,7-11,16-17H,4,6,12-15H2,1-3H3/t17-/m0/s1. The van der Waals surface area contributed by atoms with Gasteiger partial charge in [-0.2, -0.15) is 5.10 Å². The average Bonchev–Trinajstić information content (AvgIpc) is 3.53. The molecule has 1 aromatic carbocycles. The van der Waals surface area contributed by atoms with Crippen LogP contribution in [0.15, 0.2) is 47.1 Å². The van der Waals surface area contributed by atoms with Crippen molar-refractivity contribution in [1.29, 1.82) is 0 Å². The van der Waals surface area contributed by atoms with Gasteiger partial charge in [-0.05, 0) is 49.7 Å². The first kappa shape index (κ1) is 23.0. The minimum Gasteiger partial charge on any atom is -0.459 e. The van der Waals surface area contributed by atoms with Crippen molar-refractivity contribution < 1.29 is 13.6 Å². The molecular formula is C26H29FN6O2. The summed E-state index contributed by atoms with van der Waals surface area (Å²) < 4.78 is 20.6. The monoisotopic (exact) mass is 476 g/mol. The highest BCUT2D eigenvalue weighted by atomic mass is 19.1. The highest BCUT2D eigenvalue weighted by Crippen LogP contribution is 2.32. The van der Waals surface area contributed by atoms with Crippen LogP contribution >= 0.6 is 0 Å². The second kappa shape index (κ2) is 9.48. The van der Waals surface area contributed by atoms with Crippen molar-refractivity contribution in [3.05, 3.63) is 65.8 Å². The number of halogens is 1. The molecule has 182 valence electrons. The fourth-order valence-corrected chi connectivity index (χ4v) is 4.63. The molecule has 0 spiro atoms. The van der Waals surface area contributed by atoms with E-state index in [0.717, 1.165) is 41.3 Å². The van der Waals surface area contributed by atoms with E-state index in [0.29, 0.717) is 37.6 Å². The van der Waals surface area contributed by atoms with Crippen molar-refractivity contribution in [2.45, 2.75) is 39.5 Å². The zero-order valence-electron chi connectivity index (χ0n) is 20.2. The second-order valence-corrected chi connectivity index (χ2v) is 9.02. The van der Waals surface area contributed by atoms with Gasteiger partial charge in [0.2, 0.25) is 0 Å². The number of aromatic nitrogens is 4. The Kier molecular flexibility index (Phi) is 6.23. The highest BCUT2D eigenvalue weighted by molar-refractivity contribution is 5.93. The van der Waals surface area contributed by atoms with E-state index >= 15 is 0 Å². The number of benzene rings is 1. The van der Waals surface area contributed by atoms with Gasteiger partial charge in [-0.15, -0.1) is 0 Å². The summed E-state index contributed by atoms with van der Waals surface area (Å²) in [5, 5.41) is 5.64.